The number of guanidine groups is 1. The van der Waals surface area contributed by atoms with Crippen LogP contribution in [0.3, 0.4) is 0 Å². The highest BCUT2D eigenvalue weighted by atomic mass is 16.3. The van der Waals surface area contributed by atoms with Crippen molar-refractivity contribution in [2.24, 2.45) is 5.73 Å². The summed E-state index contributed by atoms with van der Waals surface area (Å²) >= 11 is 0. The van der Waals surface area contributed by atoms with E-state index in [1.807, 2.05) is 0 Å². The molecule has 0 fully saturated rings. The average Bonchev–Trinajstić information content (AvgIpc) is 2.43. The molecule has 0 saturated heterocycles. The Morgan fingerprint density at radius 2 is 1.90 bits per heavy atom. The summed E-state index contributed by atoms with van der Waals surface area (Å²) < 4.78 is 0. The summed E-state index contributed by atoms with van der Waals surface area (Å²) in [4.78, 5) is 24.5. The summed E-state index contributed by atoms with van der Waals surface area (Å²) in [7, 11) is 1.53. The number of carbonyl (C=O) groups is 2. The number of nitrogens with one attached hydrogen (secondary N) is 3. The first-order chi connectivity index (χ1) is 9.91. The second-order valence-corrected chi connectivity index (χ2v) is 4.36. The molecule has 8 nitrogen and oxygen atoms in total. The first-order valence-corrected chi connectivity index (χ1v) is 6.30. The minimum absolute atomic E-state index is 0.0250. The van der Waals surface area contributed by atoms with Crippen molar-refractivity contribution in [3.63, 3.8) is 0 Å². The van der Waals surface area contributed by atoms with Gasteiger partial charge in [0.05, 0.1) is 12.1 Å². The Labute approximate surface area is 122 Å². The number of phenols is 1. The molecule has 1 aromatic rings. The number of aromatic hydroxyl groups is 1. The second kappa shape index (κ2) is 7.73. The SMILES string of the molecule is CN(CC(=O)NCCNC(=O)c1ccccc1O)C(=N)N. The summed E-state index contributed by atoms with van der Waals surface area (Å²) in [6.07, 6.45) is 0. The maximum absolute atomic E-state index is 11.7. The van der Waals surface area contributed by atoms with Crippen LogP contribution < -0.4 is 16.4 Å². The van der Waals surface area contributed by atoms with Gasteiger partial charge in [0.1, 0.15) is 5.75 Å². The van der Waals surface area contributed by atoms with Crippen LogP contribution in [0.15, 0.2) is 24.3 Å². The molecule has 1 aromatic carbocycles. The van der Waals surface area contributed by atoms with Crippen LogP contribution in [0.5, 0.6) is 5.75 Å². The van der Waals surface area contributed by atoms with E-state index in [9.17, 15) is 14.7 Å². The highest BCUT2D eigenvalue weighted by Crippen LogP contribution is 2.14. The van der Waals surface area contributed by atoms with Gasteiger partial charge in [0, 0.05) is 20.1 Å². The van der Waals surface area contributed by atoms with Gasteiger partial charge >= 0.3 is 0 Å². The maximum Gasteiger partial charge on any atom is 0.255 e. The number of rotatable bonds is 6. The molecule has 0 unspecified atom stereocenters. The van der Waals surface area contributed by atoms with Crippen molar-refractivity contribution in [1.29, 1.82) is 5.41 Å². The zero-order chi connectivity index (χ0) is 15.8. The third-order valence-corrected chi connectivity index (χ3v) is 2.67. The number of carbonyl (C=O) groups excluding carboxylic acids is 2. The fraction of sp³-hybridized carbons (Fsp3) is 0.308. The number of amides is 2. The van der Waals surface area contributed by atoms with Crippen molar-refractivity contribution in [3.05, 3.63) is 29.8 Å². The third kappa shape index (κ3) is 5.39. The molecule has 6 N–H and O–H groups in total. The molecule has 0 aliphatic heterocycles. The Hall–Kier alpha value is -2.77. The van der Waals surface area contributed by atoms with E-state index < -0.39 is 5.91 Å². The number of benzene rings is 1. The van der Waals surface area contributed by atoms with Crippen LogP contribution in [0, 0.1) is 5.41 Å². The molecule has 0 bridgehead atoms. The van der Waals surface area contributed by atoms with E-state index in [-0.39, 0.29) is 42.8 Å². The van der Waals surface area contributed by atoms with Gasteiger partial charge in [-0.05, 0) is 12.1 Å². The lowest BCUT2D eigenvalue weighted by Gasteiger charge is -2.16. The van der Waals surface area contributed by atoms with E-state index in [1.54, 1.807) is 12.1 Å². The largest absolute Gasteiger partial charge is 0.507 e. The summed E-state index contributed by atoms with van der Waals surface area (Å²) in [5.74, 6) is -1.01. The molecule has 0 saturated carbocycles. The molecule has 0 aliphatic rings. The maximum atomic E-state index is 11.7. The fourth-order valence-corrected chi connectivity index (χ4v) is 1.50. The van der Waals surface area contributed by atoms with E-state index in [0.29, 0.717) is 0 Å². The van der Waals surface area contributed by atoms with Crippen molar-refractivity contribution >= 4 is 17.8 Å². The smallest absolute Gasteiger partial charge is 0.255 e. The first-order valence-electron chi connectivity index (χ1n) is 6.30. The van der Waals surface area contributed by atoms with E-state index >= 15 is 0 Å². The topological polar surface area (TPSA) is 132 Å². The summed E-state index contributed by atoms with van der Waals surface area (Å²) in [6.45, 7) is 0.440. The van der Waals surface area contributed by atoms with E-state index in [2.05, 4.69) is 10.6 Å². The number of hydrogen-bond acceptors (Lipinski definition) is 4. The molecule has 1 rings (SSSR count). The molecule has 0 aromatic heterocycles. The predicted molar refractivity (Wildman–Crippen MR) is 78.0 cm³/mol. The lowest BCUT2D eigenvalue weighted by molar-refractivity contribution is -0.121. The number of likely N-dealkylation sites (N-methyl/N-ethyl adjacent to an activating group) is 1. The van der Waals surface area contributed by atoms with Crippen LogP contribution in [0.4, 0.5) is 0 Å². The highest BCUT2D eigenvalue weighted by Gasteiger charge is 2.10. The fourth-order valence-electron chi connectivity index (χ4n) is 1.50. The molecular formula is C13H19N5O3. The molecule has 0 spiro atoms. The van der Waals surface area contributed by atoms with Gasteiger partial charge in [-0.2, -0.15) is 0 Å². The molecular weight excluding hydrogens is 274 g/mol. The quantitative estimate of drug-likeness (QED) is 0.262. The Morgan fingerprint density at radius 3 is 2.52 bits per heavy atom. The monoisotopic (exact) mass is 293 g/mol. The Balaban J connectivity index is 2.28. The minimum atomic E-state index is -0.414. The van der Waals surface area contributed by atoms with Crippen LogP contribution in [-0.2, 0) is 4.79 Å². The minimum Gasteiger partial charge on any atom is -0.507 e. The molecule has 0 aliphatic carbocycles. The zero-order valence-electron chi connectivity index (χ0n) is 11.7. The molecule has 0 atom stereocenters. The molecule has 21 heavy (non-hydrogen) atoms. The van der Waals surface area contributed by atoms with Crippen molar-refractivity contribution in [2.75, 3.05) is 26.7 Å². The Kier molecular flexibility index (Phi) is 5.99. The lowest BCUT2D eigenvalue weighted by Crippen LogP contribution is -2.43. The van der Waals surface area contributed by atoms with Crippen molar-refractivity contribution < 1.29 is 14.7 Å². The van der Waals surface area contributed by atoms with Crippen LogP contribution >= 0.6 is 0 Å². The Morgan fingerprint density at radius 1 is 1.29 bits per heavy atom. The normalized spacial score (nSPS) is 9.76. The second-order valence-electron chi connectivity index (χ2n) is 4.36. The molecule has 114 valence electrons. The van der Waals surface area contributed by atoms with Gasteiger partial charge in [-0.15, -0.1) is 0 Å². The van der Waals surface area contributed by atoms with Crippen molar-refractivity contribution in [2.45, 2.75) is 0 Å². The predicted octanol–water partition coefficient (Wildman–Crippen LogP) is -0.937. The molecule has 0 heterocycles. The van der Waals surface area contributed by atoms with Crippen LogP contribution in [0.1, 0.15) is 10.4 Å². The van der Waals surface area contributed by atoms with Gasteiger partial charge in [0.15, 0.2) is 5.96 Å². The highest BCUT2D eigenvalue weighted by molar-refractivity contribution is 5.96. The first kappa shape index (κ1) is 16.3. The van der Waals surface area contributed by atoms with Crippen molar-refractivity contribution in [3.8, 4) is 5.75 Å². The number of phenolic OH excluding ortho intramolecular Hbond substituents is 1. The number of nitrogens with two attached hydrogens (primary N) is 1. The van der Waals surface area contributed by atoms with Gasteiger partial charge in [-0.25, -0.2) is 0 Å². The molecule has 2 amide bonds. The van der Waals surface area contributed by atoms with Crippen LogP contribution in [-0.4, -0.2) is 54.5 Å². The lowest BCUT2D eigenvalue weighted by atomic mass is 10.2. The number of nitrogens with zero attached hydrogens (tertiary/aromatic N) is 1. The molecule has 8 heteroatoms. The number of hydrogen-bond donors (Lipinski definition) is 5. The summed E-state index contributed by atoms with van der Waals surface area (Å²) in [5, 5.41) is 21.8. The van der Waals surface area contributed by atoms with Gasteiger partial charge in [-0.1, -0.05) is 12.1 Å². The van der Waals surface area contributed by atoms with E-state index in [0.717, 1.165) is 0 Å². The standard InChI is InChI=1S/C13H19N5O3/c1-18(13(14)15)8-11(20)16-6-7-17-12(21)9-4-2-3-5-10(9)19/h2-5,19H,6-8H2,1H3,(H3,14,15)(H,16,20)(H,17,21). The third-order valence-electron chi connectivity index (χ3n) is 2.67. The van der Waals surface area contributed by atoms with Gasteiger partial charge in [0.2, 0.25) is 5.91 Å². The average molecular weight is 293 g/mol. The van der Waals surface area contributed by atoms with Crippen LogP contribution in [0.2, 0.25) is 0 Å². The summed E-state index contributed by atoms with van der Waals surface area (Å²) in [6, 6.07) is 6.20. The van der Waals surface area contributed by atoms with Gasteiger partial charge in [0.25, 0.3) is 5.91 Å². The van der Waals surface area contributed by atoms with E-state index in [4.69, 9.17) is 11.1 Å². The van der Waals surface area contributed by atoms with E-state index in [1.165, 1.54) is 24.1 Å². The zero-order valence-corrected chi connectivity index (χ0v) is 11.7. The van der Waals surface area contributed by atoms with Gasteiger partial charge < -0.3 is 26.4 Å². The van der Waals surface area contributed by atoms with Gasteiger partial charge in [-0.3, -0.25) is 15.0 Å². The number of para-hydroxylation sites is 1. The van der Waals surface area contributed by atoms with Crippen LogP contribution in [0.25, 0.3) is 0 Å². The molecule has 0 radical (unpaired) electrons. The summed E-state index contributed by atoms with van der Waals surface area (Å²) in [5.41, 5.74) is 5.39. The Bertz CT molecular complexity index is 532. The van der Waals surface area contributed by atoms with Crippen molar-refractivity contribution in [1.82, 2.24) is 15.5 Å².